The first-order valence-corrected chi connectivity index (χ1v) is 4.31. The van der Waals surface area contributed by atoms with Crippen LogP contribution in [0.1, 0.15) is 35.6 Å². The van der Waals surface area contributed by atoms with Crippen molar-refractivity contribution >= 4 is 5.97 Å². The first-order valence-electron chi connectivity index (χ1n) is 4.31. The lowest BCUT2D eigenvalue weighted by Gasteiger charge is -1.99. The third kappa shape index (κ3) is 4.05. The largest absolute Gasteiger partial charge is 0.475 e. The molecule has 1 aromatic rings. The van der Waals surface area contributed by atoms with Gasteiger partial charge in [-0.2, -0.15) is 13.2 Å². The number of rotatable bonds is 1. The van der Waals surface area contributed by atoms with Crippen molar-refractivity contribution < 1.29 is 27.5 Å². The molecule has 1 aromatic heterocycles. The Morgan fingerprint density at radius 3 is 2.00 bits per heavy atom. The summed E-state index contributed by atoms with van der Waals surface area (Å²) in [5.74, 6) is -3.55. The van der Waals surface area contributed by atoms with E-state index in [9.17, 15) is 18.0 Å². The summed E-state index contributed by atoms with van der Waals surface area (Å²) < 4.78 is 39.3. The van der Waals surface area contributed by atoms with E-state index in [-0.39, 0.29) is 0 Å². The van der Waals surface area contributed by atoms with E-state index in [1.807, 2.05) is 0 Å². The van der Waals surface area contributed by atoms with Crippen LogP contribution >= 0.6 is 0 Å². The van der Waals surface area contributed by atoms with E-state index in [0.717, 1.165) is 6.07 Å². The number of hydrogen-bond acceptors (Lipinski definition) is 2. The minimum absolute atomic E-state index is 0.573. The molecule has 0 spiro atoms. The van der Waals surface area contributed by atoms with Gasteiger partial charge in [0.15, 0.2) is 0 Å². The summed E-state index contributed by atoms with van der Waals surface area (Å²) in [7, 11) is 0. The highest BCUT2D eigenvalue weighted by molar-refractivity contribution is 5.84. The molecular formula is C9H9F3O3. The zero-order valence-corrected chi connectivity index (χ0v) is 7.67. The van der Waals surface area contributed by atoms with Gasteiger partial charge in [-0.1, -0.05) is 19.3 Å². The highest BCUT2D eigenvalue weighted by atomic mass is 19.4. The van der Waals surface area contributed by atoms with Crippen molar-refractivity contribution in [3.8, 4) is 0 Å². The molecule has 2 rings (SSSR count). The zero-order chi connectivity index (χ0) is 11.5. The third-order valence-corrected chi connectivity index (χ3v) is 1.45. The van der Waals surface area contributed by atoms with E-state index in [4.69, 9.17) is 5.11 Å². The van der Waals surface area contributed by atoms with Crippen LogP contribution in [0.3, 0.4) is 0 Å². The minimum Gasteiger partial charge on any atom is -0.475 e. The number of hydrogen-bond donors (Lipinski definition) is 1. The topological polar surface area (TPSA) is 50.4 Å². The Balaban J connectivity index is 0.000000319. The molecule has 1 N–H and O–H groups in total. The molecule has 1 saturated carbocycles. The van der Waals surface area contributed by atoms with Crippen molar-refractivity contribution in [3.05, 3.63) is 23.7 Å². The number of aromatic carboxylic acids is 1. The average molecular weight is 222 g/mol. The van der Waals surface area contributed by atoms with Gasteiger partial charge in [-0.05, 0) is 12.1 Å². The molecule has 15 heavy (non-hydrogen) atoms. The summed E-state index contributed by atoms with van der Waals surface area (Å²) in [5, 5.41) is 8.20. The SMILES string of the molecule is C1CC1.O=C(O)c1ccc(C(F)(F)F)o1. The zero-order valence-electron chi connectivity index (χ0n) is 7.67. The van der Waals surface area contributed by atoms with E-state index >= 15 is 0 Å². The van der Waals surface area contributed by atoms with Crippen LogP contribution in [0.15, 0.2) is 16.5 Å². The second-order valence-electron chi connectivity index (χ2n) is 3.03. The molecule has 0 unspecified atom stereocenters. The number of carbonyl (C=O) groups is 1. The lowest BCUT2D eigenvalue weighted by atomic mass is 10.4. The molecule has 6 heteroatoms. The quantitative estimate of drug-likeness (QED) is 0.793. The summed E-state index contributed by atoms with van der Waals surface area (Å²) in [5.41, 5.74) is 0. The predicted octanol–water partition coefficient (Wildman–Crippen LogP) is 3.17. The fourth-order valence-electron chi connectivity index (χ4n) is 0.605. The molecule has 1 aliphatic rings. The number of carboxylic acid groups (broad SMARTS) is 1. The summed E-state index contributed by atoms with van der Waals surface area (Å²) in [6.45, 7) is 0. The van der Waals surface area contributed by atoms with Crippen LogP contribution in [0.25, 0.3) is 0 Å². The maximum atomic E-state index is 11.8. The summed E-state index contributed by atoms with van der Waals surface area (Å²) in [6, 6.07) is 1.33. The number of carboxylic acids is 1. The van der Waals surface area contributed by atoms with E-state index < -0.39 is 23.7 Å². The van der Waals surface area contributed by atoms with Gasteiger partial charge in [0.05, 0.1) is 0 Å². The molecule has 0 aliphatic heterocycles. The van der Waals surface area contributed by atoms with Crippen LogP contribution < -0.4 is 0 Å². The van der Waals surface area contributed by atoms with Crippen molar-refractivity contribution in [1.29, 1.82) is 0 Å². The molecule has 0 bridgehead atoms. The Bertz CT molecular complexity index is 336. The Morgan fingerprint density at radius 1 is 1.27 bits per heavy atom. The van der Waals surface area contributed by atoms with Crippen molar-refractivity contribution in [3.63, 3.8) is 0 Å². The molecule has 1 fully saturated rings. The van der Waals surface area contributed by atoms with Gasteiger partial charge in [0.2, 0.25) is 11.5 Å². The third-order valence-electron chi connectivity index (χ3n) is 1.45. The lowest BCUT2D eigenvalue weighted by molar-refractivity contribution is -0.153. The normalized spacial score (nSPS) is 14.1. The Kier molecular flexibility index (Phi) is 3.39. The van der Waals surface area contributed by atoms with Gasteiger partial charge >= 0.3 is 12.1 Å². The monoisotopic (exact) mass is 222 g/mol. The van der Waals surface area contributed by atoms with Crippen LogP contribution in [0.5, 0.6) is 0 Å². The highest BCUT2D eigenvalue weighted by Crippen LogP contribution is 2.30. The molecular weight excluding hydrogens is 213 g/mol. The smallest absolute Gasteiger partial charge is 0.449 e. The molecule has 0 aromatic carbocycles. The minimum atomic E-state index is -4.63. The number of alkyl halides is 3. The van der Waals surface area contributed by atoms with Crippen LogP contribution in [0.2, 0.25) is 0 Å². The molecule has 0 radical (unpaired) electrons. The number of furan rings is 1. The summed E-state index contributed by atoms with van der Waals surface area (Å²) in [6.07, 6.45) is -0.131. The average Bonchev–Trinajstić information content (AvgIpc) is 2.87. The van der Waals surface area contributed by atoms with Crippen LogP contribution in [0.4, 0.5) is 13.2 Å². The predicted molar refractivity (Wildman–Crippen MR) is 44.5 cm³/mol. The standard InChI is InChI=1S/C6H3F3O3.C3H6/c7-6(8,9)4-2-1-3(12-4)5(10)11;1-2-3-1/h1-2H,(H,10,11);1-3H2. The summed E-state index contributed by atoms with van der Waals surface area (Å²) in [4.78, 5) is 10.1. The highest BCUT2D eigenvalue weighted by Gasteiger charge is 2.35. The Hall–Kier alpha value is -1.46. The molecule has 84 valence electrons. The summed E-state index contributed by atoms with van der Waals surface area (Å²) >= 11 is 0. The van der Waals surface area contributed by atoms with Gasteiger partial charge < -0.3 is 9.52 Å². The van der Waals surface area contributed by atoms with Gasteiger partial charge in [-0.3, -0.25) is 0 Å². The van der Waals surface area contributed by atoms with Crippen molar-refractivity contribution in [2.45, 2.75) is 25.4 Å². The van der Waals surface area contributed by atoms with E-state index in [2.05, 4.69) is 4.42 Å². The molecule has 0 atom stereocenters. The van der Waals surface area contributed by atoms with E-state index in [0.29, 0.717) is 6.07 Å². The van der Waals surface area contributed by atoms with Gasteiger partial charge in [0.25, 0.3) is 0 Å². The van der Waals surface area contributed by atoms with Crippen molar-refractivity contribution in [1.82, 2.24) is 0 Å². The van der Waals surface area contributed by atoms with Gasteiger partial charge in [-0.15, -0.1) is 0 Å². The van der Waals surface area contributed by atoms with Crippen LogP contribution in [-0.4, -0.2) is 11.1 Å². The fourth-order valence-corrected chi connectivity index (χ4v) is 0.605. The number of halogens is 3. The van der Waals surface area contributed by atoms with E-state index in [1.165, 1.54) is 19.3 Å². The van der Waals surface area contributed by atoms with Crippen LogP contribution in [0, 0.1) is 0 Å². The molecule has 0 amide bonds. The first kappa shape index (κ1) is 11.6. The van der Waals surface area contributed by atoms with Crippen molar-refractivity contribution in [2.75, 3.05) is 0 Å². The van der Waals surface area contributed by atoms with E-state index in [1.54, 1.807) is 0 Å². The fraction of sp³-hybridized carbons (Fsp3) is 0.444. The van der Waals surface area contributed by atoms with Gasteiger partial charge in [-0.25, -0.2) is 4.79 Å². The Labute approximate surface area is 83.5 Å². The van der Waals surface area contributed by atoms with Gasteiger partial charge in [0.1, 0.15) is 0 Å². The molecule has 0 saturated heterocycles. The Morgan fingerprint density at radius 2 is 1.80 bits per heavy atom. The first-order chi connectivity index (χ1) is 6.91. The molecule has 1 heterocycles. The maximum absolute atomic E-state index is 11.8. The lowest BCUT2D eigenvalue weighted by Crippen LogP contribution is -2.02. The van der Waals surface area contributed by atoms with Crippen LogP contribution in [-0.2, 0) is 6.18 Å². The second kappa shape index (κ2) is 4.37. The second-order valence-corrected chi connectivity index (χ2v) is 3.03. The molecule has 1 aliphatic carbocycles. The van der Waals surface area contributed by atoms with Crippen molar-refractivity contribution in [2.24, 2.45) is 0 Å². The molecule has 3 nitrogen and oxygen atoms in total. The maximum Gasteiger partial charge on any atom is 0.449 e. The van der Waals surface area contributed by atoms with Gasteiger partial charge in [0, 0.05) is 0 Å².